The van der Waals surface area contributed by atoms with Gasteiger partial charge in [-0.05, 0) is 6.07 Å². The maximum absolute atomic E-state index is 12.4. The third kappa shape index (κ3) is 2.67. The van der Waals surface area contributed by atoms with Crippen LogP contribution in [0.2, 0.25) is 0 Å². The zero-order valence-corrected chi connectivity index (χ0v) is 11.7. The summed E-state index contributed by atoms with van der Waals surface area (Å²) in [5, 5.41) is 11.4. The lowest BCUT2D eigenvalue weighted by molar-refractivity contribution is -0.147. The number of aromatic nitrogens is 1. The van der Waals surface area contributed by atoms with Gasteiger partial charge in [0.2, 0.25) is 0 Å². The Hall–Kier alpha value is -2.19. The smallest absolute Gasteiger partial charge is 0.328 e. The Morgan fingerprint density at radius 3 is 3.05 bits per heavy atom. The van der Waals surface area contributed by atoms with E-state index in [1.165, 1.54) is 22.5 Å². The molecule has 0 aliphatic carbocycles. The highest BCUT2D eigenvalue weighted by Crippen LogP contribution is 2.25. The van der Waals surface area contributed by atoms with E-state index >= 15 is 0 Å². The maximum Gasteiger partial charge on any atom is 0.328 e. The molecule has 1 fully saturated rings. The van der Waals surface area contributed by atoms with Gasteiger partial charge in [-0.2, -0.15) is 0 Å². The van der Waals surface area contributed by atoms with Crippen molar-refractivity contribution >= 4 is 23.2 Å². The van der Waals surface area contributed by atoms with Gasteiger partial charge < -0.3 is 19.2 Å². The second-order valence-corrected chi connectivity index (χ2v) is 5.34. The predicted octanol–water partition coefficient (Wildman–Crippen LogP) is 1.33. The number of morpholine rings is 1. The first-order chi connectivity index (χ1) is 10.2. The van der Waals surface area contributed by atoms with Gasteiger partial charge in [0.05, 0.1) is 19.5 Å². The number of hydrogen-bond acceptors (Lipinski definition) is 6. The second-order valence-electron chi connectivity index (χ2n) is 4.48. The lowest BCUT2D eigenvalue weighted by atomic mass is 10.2. The third-order valence-electron chi connectivity index (χ3n) is 3.17. The van der Waals surface area contributed by atoms with Crippen LogP contribution >= 0.6 is 11.3 Å². The summed E-state index contributed by atoms with van der Waals surface area (Å²) in [6, 6.07) is 0.785. The van der Waals surface area contributed by atoms with E-state index in [9.17, 15) is 9.59 Å². The largest absolute Gasteiger partial charge is 0.480 e. The van der Waals surface area contributed by atoms with Crippen molar-refractivity contribution in [3.05, 3.63) is 29.7 Å². The summed E-state index contributed by atoms with van der Waals surface area (Å²) in [5.41, 5.74) is 1.03. The number of rotatable bonds is 3. The minimum atomic E-state index is -1.08. The van der Waals surface area contributed by atoms with Gasteiger partial charge in [0.15, 0.2) is 6.04 Å². The van der Waals surface area contributed by atoms with Gasteiger partial charge in [0.25, 0.3) is 5.91 Å². The monoisotopic (exact) mass is 308 g/mol. The maximum atomic E-state index is 12.4. The second kappa shape index (κ2) is 5.66. The zero-order chi connectivity index (χ0) is 14.8. The van der Waals surface area contributed by atoms with Crippen molar-refractivity contribution in [3.63, 3.8) is 0 Å². The fourth-order valence-electron chi connectivity index (χ4n) is 2.09. The summed E-state index contributed by atoms with van der Waals surface area (Å²) in [4.78, 5) is 29.2. The SMILES string of the molecule is O=C(O)C1COCCN1C(=O)c1csc(-c2ccoc2)n1. The average Bonchev–Trinajstić information content (AvgIpc) is 3.17. The number of carboxylic acid groups (broad SMARTS) is 1. The molecule has 0 bridgehead atoms. The molecule has 3 heterocycles. The summed E-state index contributed by atoms with van der Waals surface area (Å²) in [6.07, 6.45) is 3.07. The standard InChI is InChI=1S/C13H12N2O5S/c16-12(15-2-4-20-6-10(15)13(17)18)9-7-21-11(14-9)8-1-3-19-5-8/h1,3,5,7,10H,2,4,6H2,(H,17,18). The summed E-state index contributed by atoms with van der Waals surface area (Å²) in [6.45, 7) is 0.572. The lowest BCUT2D eigenvalue weighted by Gasteiger charge is -2.32. The minimum Gasteiger partial charge on any atom is -0.480 e. The minimum absolute atomic E-state index is 0.000200. The van der Waals surface area contributed by atoms with Crippen LogP contribution in [0.15, 0.2) is 28.4 Å². The molecule has 0 aromatic carbocycles. The molecule has 2 aromatic heterocycles. The highest BCUT2D eigenvalue weighted by atomic mass is 32.1. The summed E-state index contributed by atoms with van der Waals surface area (Å²) in [7, 11) is 0. The molecule has 0 spiro atoms. The Labute approximate surface area is 123 Å². The van der Waals surface area contributed by atoms with E-state index in [0.717, 1.165) is 5.56 Å². The Kier molecular flexibility index (Phi) is 3.72. The number of hydrogen-bond donors (Lipinski definition) is 1. The molecule has 0 radical (unpaired) electrons. The molecule has 7 nitrogen and oxygen atoms in total. The molecule has 3 rings (SSSR count). The Morgan fingerprint density at radius 1 is 1.48 bits per heavy atom. The van der Waals surface area contributed by atoms with Gasteiger partial charge >= 0.3 is 5.97 Å². The van der Waals surface area contributed by atoms with Gasteiger partial charge in [-0.25, -0.2) is 9.78 Å². The Morgan fingerprint density at radius 2 is 2.33 bits per heavy atom. The topological polar surface area (TPSA) is 92.9 Å². The third-order valence-corrected chi connectivity index (χ3v) is 4.06. The van der Waals surface area contributed by atoms with E-state index in [4.69, 9.17) is 14.3 Å². The van der Waals surface area contributed by atoms with Crippen LogP contribution in [-0.4, -0.2) is 52.7 Å². The number of aliphatic carboxylic acids is 1. The van der Waals surface area contributed by atoms with Gasteiger partial charge in [0.1, 0.15) is 17.0 Å². The predicted molar refractivity (Wildman–Crippen MR) is 73.1 cm³/mol. The average molecular weight is 308 g/mol. The molecule has 21 heavy (non-hydrogen) atoms. The van der Waals surface area contributed by atoms with Crippen LogP contribution in [0, 0.1) is 0 Å². The van der Waals surface area contributed by atoms with Crippen molar-refractivity contribution in [3.8, 4) is 10.6 Å². The highest BCUT2D eigenvalue weighted by Gasteiger charge is 2.34. The van der Waals surface area contributed by atoms with Crippen LogP contribution in [0.3, 0.4) is 0 Å². The molecule has 1 aliphatic heterocycles. The molecule has 1 amide bonds. The van der Waals surface area contributed by atoms with Crippen molar-refractivity contribution in [2.24, 2.45) is 0 Å². The highest BCUT2D eigenvalue weighted by molar-refractivity contribution is 7.13. The zero-order valence-electron chi connectivity index (χ0n) is 10.9. The number of carboxylic acids is 1. The molecule has 1 N–H and O–H groups in total. The van der Waals surface area contributed by atoms with Crippen LogP contribution in [-0.2, 0) is 9.53 Å². The fraction of sp³-hybridized carbons (Fsp3) is 0.308. The molecular formula is C13H12N2O5S. The van der Waals surface area contributed by atoms with E-state index in [-0.39, 0.29) is 18.8 Å². The molecule has 1 aliphatic rings. The molecule has 1 unspecified atom stereocenters. The Bertz CT molecular complexity index is 651. The normalized spacial score (nSPS) is 18.7. The molecule has 2 aromatic rings. The van der Waals surface area contributed by atoms with Crippen molar-refractivity contribution in [2.75, 3.05) is 19.8 Å². The number of nitrogens with zero attached hydrogens (tertiary/aromatic N) is 2. The van der Waals surface area contributed by atoms with E-state index in [1.54, 1.807) is 17.7 Å². The first kappa shape index (κ1) is 13.8. The molecule has 1 saturated heterocycles. The molecule has 8 heteroatoms. The number of furan rings is 1. The number of ether oxygens (including phenoxy) is 1. The van der Waals surface area contributed by atoms with Gasteiger partial charge in [-0.15, -0.1) is 11.3 Å². The Balaban J connectivity index is 1.83. The number of carbonyl (C=O) groups excluding carboxylic acids is 1. The van der Waals surface area contributed by atoms with Crippen LogP contribution < -0.4 is 0 Å². The fourth-order valence-corrected chi connectivity index (χ4v) is 2.87. The number of thiazole rings is 1. The summed E-state index contributed by atoms with van der Waals surface area (Å²) >= 11 is 1.31. The van der Waals surface area contributed by atoms with Crippen molar-refractivity contribution in [1.82, 2.24) is 9.88 Å². The van der Waals surface area contributed by atoms with E-state index in [2.05, 4.69) is 4.98 Å². The van der Waals surface area contributed by atoms with Gasteiger partial charge in [-0.1, -0.05) is 0 Å². The summed E-state index contributed by atoms with van der Waals surface area (Å²) in [5.74, 6) is -1.47. The van der Waals surface area contributed by atoms with Crippen LogP contribution in [0.25, 0.3) is 10.6 Å². The van der Waals surface area contributed by atoms with E-state index < -0.39 is 17.9 Å². The quantitative estimate of drug-likeness (QED) is 0.919. The number of carbonyl (C=O) groups is 2. The summed E-state index contributed by atoms with van der Waals surface area (Å²) < 4.78 is 10.1. The van der Waals surface area contributed by atoms with E-state index in [1.807, 2.05) is 0 Å². The van der Waals surface area contributed by atoms with Gasteiger partial charge in [-0.3, -0.25) is 4.79 Å². The van der Waals surface area contributed by atoms with E-state index in [0.29, 0.717) is 11.6 Å². The molecule has 110 valence electrons. The van der Waals surface area contributed by atoms with Gasteiger partial charge in [0, 0.05) is 17.5 Å². The van der Waals surface area contributed by atoms with Crippen molar-refractivity contribution in [1.29, 1.82) is 0 Å². The lowest BCUT2D eigenvalue weighted by Crippen LogP contribution is -2.52. The number of amides is 1. The molecule has 1 atom stereocenters. The molecule has 0 saturated carbocycles. The first-order valence-corrected chi connectivity index (χ1v) is 7.14. The van der Waals surface area contributed by atoms with Crippen LogP contribution in [0.1, 0.15) is 10.5 Å². The van der Waals surface area contributed by atoms with Crippen LogP contribution in [0.4, 0.5) is 0 Å². The molecular weight excluding hydrogens is 296 g/mol. The van der Waals surface area contributed by atoms with Crippen molar-refractivity contribution in [2.45, 2.75) is 6.04 Å². The van der Waals surface area contributed by atoms with Crippen LogP contribution in [0.5, 0.6) is 0 Å². The van der Waals surface area contributed by atoms with Crippen molar-refractivity contribution < 1.29 is 23.8 Å². The first-order valence-electron chi connectivity index (χ1n) is 6.26.